The van der Waals surface area contributed by atoms with E-state index in [1.54, 1.807) is 11.6 Å². The average molecular weight is 251 g/mol. The normalized spacial score (nSPS) is 12.6. The maximum Gasteiger partial charge on any atom is 0.154 e. The van der Waals surface area contributed by atoms with Crippen LogP contribution in [0.1, 0.15) is 71.0 Å². The lowest BCUT2D eigenvalue weighted by molar-refractivity contribution is -0.120. The van der Waals surface area contributed by atoms with Gasteiger partial charge in [-0.05, 0) is 26.2 Å². The molecular weight excluding hydrogens is 226 g/mol. The van der Waals surface area contributed by atoms with Crippen LogP contribution < -0.4 is 0 Å². The largest absolute Gasteiger partial charge is 0.298 e. The van der Waals surface area contributed by atoms with Crippen molar-refractivity contribution in [3.05, 3.63) is 11.9 Å². The van der Waals surface area contributed by atoms with Crippen molar-refractivity contribution in [3.63, 3.8) is 0 Å². The molecule has 0 aromatic carbocycles. The molecule has 18 heavy (non-hydrogen) atoms. The predicted octanol–water partition coefficient (Wildman–Crippen LogP) is 3.33. The molecule has 0 aliphatic heterocycles. The molecule has 4 heteroatoms. The van der Waals surface area contributed by atoms with Gasteiger partial charge in [-0.15, -0.1) is 5.10 Å². The Morgan fingerprint density at radius 2 is 2.00 bits per heavy atom. The number of Topliss-reactive ketones (excluding diaryl/α,β-unsaturated/α-hetero) is 1. The van der Waals surface area contributed by atoms with Gasteiger partial charge in [-0.1, -0.05) is 44.7 Å². The molecule has 0 amide bonds. The third kappa shape index (κ3) is 4.59. The fourth-order valence-electron chi connectivity index (χ4n) is 2.05. The van der Waals surface area contributed by atoms with Crippen LogP contribution in [0.25, 0.3) is 0 Å². The minimum Gasteiger partial charge on any atom is -0.298 e. The van der Waals surface area contributed by atoms with Crippen LogP contribution >= 0.6 is 0 Å². The van der Waals surface area contributed by atoms with Gasteiger partial charge in [0.05, 0.1) is 5.69 Å². The van der Waals surface area contributed by atoms with Crippen molar-refractivity contribution in [2.24, 2.45) is 0 Å². The second-order valence-electron chi connectivity index (χ2n) is 4.92. The fourth-order valence-corrected chi connectivity index (χ4v) is 2.05. The number of aromatic nitrogens is 3. The second kappa shape index (κ2) is 8.01. The number of hydrogen-bond donors (Lipinski definition) is 0. The molecular formula is C14H25N3O. The second-order valence-corrected chi connectivity index (χ2v) is 4.92. The van der Waals surface area contributed by atoms with Gasteiger partial charge >= 0.3 is 0 Å². The van der Waals surface area contributed by atoms with Crippen LogP contribution in [-0.4, -0.2) is 20.8 Å². The SMILES string of the molecule is CCCCCC(C(C)=O)n1cc(CCCC)nn1. The quantitative estimate of drug-likeness (QED) is 0.632. The van der Waals surface area contributed by atoms with Crippen LogP contribution in [0.2, 0.25) is 0 Å². The highest BCUT2D eigenvalue weighted by molar-refractivity contribution is 5.79. The summed E-state index contributed by atoms with van der Waals surface area (Å²) in [5, 5.41) is 8.26. The molecule has 1 aromatic rings. The van der Waals surface area contributed by atoms with E-state index in [1.807, 2.05) is 6.20 Å². The first-order chi connectivity index (χ1) is 8.69. The van der Waals surface area contributed by atoms with Crippen LogP contribution in [0, 0.1) is 0 Å². The van der Waals surface area contributed by atoms with Crippen molar-refractivity contribution in [1.82, 2.24) is 15.0 Å². The summed E-state index contributed by atoms with van der Waals surface area (Å²) in [7, 11) is 0. The molecule has 0 aliphatic rings. The Balaban J connectivity index is 2.61. The van der Waals surface area contributed by atoms with Gasteiger partial charge in [0.2, 0.25) is 0 Å². The van der Waals surface area contributed by atoms with E-state index in [4.69, 9.17) is 0 Å². The highest BCUT2D eigenvalue weighted by Gasteiger charge is 2.17. The van der Waals surface area contributed by atoms with Gasteiger partial charge in [0.15, 0.2) is 5.78 Å². The predicted molar refractivity (Wildman–Crippen MR) is 72.5 cm³/mol. The Bertz CT molecular complexity index is 360. The molecule has 4 nitrogen and oxygen atoms in total. The standard InChI is InChI=1S/C14H25N3O/c1-4-6-8-10-14(12(3)18)17-11-13(15-16-17)9-7-5-2/h11,14H,4-10H2,1-3H3. The van der Waals surface area contributed by atoms with Crippen molar-refractivity contribution in [2.75, 3.05) is 0 Å². The number of aryl methyl sites for hydroxylation is 1. The summed E-state index contributed by atoms with van der Waals surface area (Å²) in [6, 6.07) is -0.126. The number of rotatable bonds is 9. The Morgan fingerprint density at radius 3 is 2.61 bits per heavy atom. The molecule has 0 saturated carbocycles. The third-order valence-electron chi connectivity index (χ3n) is 3.21. The zero-order valence-electron chi connectivity index (χ0n) is 11.9. The molecule has 0 radical (unpaired) electrons. The van der Waals surface area contributed by atoms with Gasteiger partial charge in [0.25, 0.3) is 0 Å². The van der Waals surface area contributed by atoms with Crippen molar-refractivity contribution in [3.8, 4) is 0 Å². The summed E-state index contributed by atoms with van der Waals surface area (Å²) >= 11 is 0. The van der Waals surface area contributed by atoms with E-state index in [0.717, 1.165) is 37.8 Å². The maximum absolute atomic E-state index is 11.7. The number of unbranched alkanes of at least 4 members (excludes halogenated alkanes) is 3. The first kappa shape index (κ1) is 14.9. The lowest BCUT2D eigenvalue weighted by Gasteiger charge is -2.12. The monoisotopic (exact) mass is 251 g/mol. The minimum atomic E-state index is -0.126. The molecule has 0 spiro atoms. The molecule has 0 fully saturated rings. The summed E-state index contributed by atoms with van der Waals surface area (Å²) in [6.45, 7) is 5.97. The van der Waals surface area contributed by atoms with E-state index < -0.39 is 0 Å². The van der Waals surface area contributed by atoms with Gasteiger partial charge in [0, 0.05) is 6.20 Å². The van der Waals surface area contributed by atoms with Crippen LogP contribution in [0.15, 0.2) is 6.20 Å². The van der Waals surface area contributed by atoms with Gasteiger partial charge in [-0.25, -0.2) is 4.68 Å². The first-order valence-electron chi connectivity index (χ1n) is 7.10. The molecule has 0 N–H and O–H groups in total. The van der Waals surface area contributed by atoms with E-state index in [0.29, 0.717) is 0 Å². The van der Waals surface area contributed by atoms with E-state index in [1.165, 1.54) is 12.8 Å². The first-order valence-corrected chi connectivity index (χ1v) is 7.10. The Kier molecular flexibility index (Phi) is 6.61. The summed E-state index contributed by atoms with van der Waals surface area (Å²) in [6.07, 6.45) is 9.46. The van der Waals surface area contributed by atoms with Crippen LogP contribution in [0.5, 0.6) is 0 Å². The number of ketones is 1. The molecule has 0 bridgehead atoms. The lowest BCUT2D eigenvalue weighted by atomic mass is 10.1. The molecule has 0 saturated heterocycles. The summed E-state index contributed by atoms with van der Waals surface area (Å²) in [5.74, 6) is 0.179. The fraction of sp³-hybridized carbons (Fsp3) is 0.786. The third-order valence-corrected chi connectivity index (χ3v) is 3.21. The molecule has 0 aliphatic carbocycles. The van der Waals surface area contributed by atoms with Gasteiger partial charge in [-0.2, -0.15) is 0 Å². The summed E-state index contributed by atoms with van der Waals surface area (Å²) in [4.78, 5) is 11.7. The smallest absolute Gasteiger partial charge is 0.154 e. The van der Waals surface area contributed by atoms with Crippen molar-refractivity contribution >= 4 is 5.78 Å². The lowest BCUT2D eigenvalue weighted by Crippen LogP contribution is -2.17. The van der Waals surface area contributed by atoms with E-state index in [9.17, 15) is 4.79 Å². The molecule has 1 aromatic heterocycles. The van der Waals surface area contributed by atoms with Gasteiger partial charge in [-0.3, -0.25) is 4.79 Å². The van der Waals surface area contributed by atoms with Crippen molar-refractivity contribution < 1.29 is 4.79 Å². The molecule has 1 rings (SSSR count). The van der Waals surface area contributed by atoms with Gasteiger partial charge < -0.3 is 0 Å². The van der Waals surface area contributed by atoms with Crippen LogP contribution in [0.4, 0.5) is 0 Å². The van der Waals surface area contributed by atoms with E-state index >= 15 is 0 Å². The number of hydrogen-bond acceptors (Lipinski definition) is 3. The van der Waals surface area contributed by atoms with E-state index in [-0.39, 0.29) is 11.8 Å². The number of carbonyl (C=O) groups is 1. The molecule has 1 atom stereocenters. The summed E-state index contributed by atoms with van der Waals surface area (Å²) in [5.41, 5.74) is 0.999. The van der Waals surface area contributed by atoms with E-state index in [2.05, 4.69) is 24.2 Å². The Labute approximate surface area is 110 Å². The summed E-state index contributed by atoms with van der Waals surface area (Å²) < 4.78 is 1.75. The Morgan fingerprint density at radius 1 is 1.28 bits per heavy atom. The molecule has 1 heterocycles. The van der Waals surface area contributed by atoms with Crippen molar-refractivity contribution in [1.29, 1.82) is 0 Å². The van der Waals surface area contributed by atoms with Crippen molar-refractivity contribution in [2.45, 2.75) is 71.8 Å². The van der Waals surface area contributed by atoms with Gasteiger partial charge in [0.1, 0.15) is 6.04 Å². The highest BCUT2D eigenvalue weighted by atomic mass is 16.1. The topological polar surface area (TPSA) is 47.8 Å². The minimum absolute atomic E-state index is 0.126. The number of carbonyl (C=O) groups excluding carboxylic acids is 1. The molecule has 102 valence electrons. The molecule has 1 unspecified atom stereocenters. The maximum atomic E-state index is 11.7. The number of nitrogens with zero attached hydrogens (tertiary/aromatic N) is 3. The average Bonchev–Trinajstić information content (AvgIpc) is 2.80. The zero-order valence-corrected chi connectivity index (χ0v) is 11.9. The van der Waals surface area contributed by atoms with Crippen LogP contribution in [-0.2, 0) is 11.2 Å². The zero-order chi connectivity index (χ0) is 13.4. The Hall–Kier alpha value is -1.19. The highest BCUT2D eigenvalue weighted by Crippen LogP contribution is 2.16. The van der Waals surface area contributed by atoms with Crippen LogP contribution in [0.3, 0.4) is 0 Å².